The van der Waals surface area contributed by atoms with E-state index in [0.717, 1.165) is 0 Å². The molecule has 3 aliphatic heterocycles. The van der Waals surface area contributed by atoms with Gasteiger partial charge in [-0.1, -0.05) is 0 Å². The molecule has 38 heavy (non-hydrogen) atoms. The van der Waals surface area contributed by atoms with E-state index < -0.39 is 71.2 Å². The minimum atomic E-state index is -0.969. The van der Waals surface area contributed by atoms with Crippen LogP contribution in [0.5, 0.6) is 0 Å². The molecule has 0 aromatic carbocycles. The average molecular weight is 539 g/mol. The largest absolute Gasteiger partial charge is 0.444 e. The van der Waals surface area contributed by atoms with Crippen LogP contribution >= 0.6 is 0 Å². The molecular weight excluding hydrogens is 500 g/mol. The van der Waals surface area contributed by atoms with E-state index in [1.807, 2.05) is 0 Å². The van der Waals surface area contributed by atoms with E-state index in [9.17, 15) is 28.8 Å². The van der Waals surface area contributed by atoms with Crippen molar-refractivity contribution in [2.24, 2.45) is 0 Å². The van der Waals surface area contributed by atoms with Crippen molar-refractivity contribution in [2.75, 3.05) is 26.2 Å². The molecular formula is C24H38N6O8. The van der Waals surface area contributed by atoms with Crippen LogP contribution in [0.2, 0.25) is 0 Å². The van der Waals surface area contributed by atoms with Gasteiger partial charge in [-0.05, 0) is 54.4 Å². The van der Waals surface area contributed by atoms with Gasteiger partial charge in [0.05, 0.1) is 13.1 Å². The SMILES string of the molecule is CC(C)(C)OC(=O)N1C[C@@H]2C[C@H]1C(=O)NCC(=O)N[C@H]1C[C@@H](C(=O)NCC(=O)N2)N(C(=O)OC(C)(C)C)C1. The average Bonchev–Trinajstić information content (AvgIpc) is 3.37. The number of nitrogens with one attached hydrogen (secondary N) is 4. The Labute approximate surface area is 221 Å². The zero-order valence-corrected chi connectivity index (χ0v) is 22.7. The minimum absolute atomic E-state index is 0.00992. The van der Waals surface area contributed by atoms with E-state index in [4.69, 9.17) is 9.47 Å². The Kier molecular flexibility index (Phi) is 8.42. The van der Waals surface area contributed by atoms with Gasteiger partial charge in [0.2, 0.25) is 23.6 Å². The normalized spacial score (nSPS) is 27.2. The Morgan fingerprint density at radius 2 is 1.03 bits per heavy atom. The van der Waals surface area contributed by atoms with Crippen LogP contribution in [-0.2, 0) is 28.7 Å². The number of fused-ring (bicyclic) bond motifs is 4. The number of ether oxygens (including phenoxy) is 2. The molecule has 14 nitrogen and oxygen atoms in total. The van der Waals surface area contributed by atoms with Gasteiger partial charge < -0.3 is 30.7 Å². The molecule has 0 aliphatic carbocycles. The molecule has 3 fully saturated rings. The summed E-state index contributed by atoms with van der Waals surface area (Å²) in [7, 11) is 0. The van der Waals surface area contributed by atoms with Crippen LogP contribution in [0.1, 0.15) is 54.4 Å². The molecule has 0 unspecified atom stereocenters. The Morgan fingerprint density at radius 3 is 1.34 bits per heavy atom. The molecule has 4 atom stereocenters. The highest BCUT2D eigenvalue weighted by atomic mass is 16.6. The van der Waals surface area contributed by atoms with Crippen LogP contribution in [0.3, 0.4) is 0 Å². The van der Waals surface area contributed by atoms with E-state index in [0.29, 0.717) is 0 Å². The lowest BCUT2D eigenvalue weighted by Gasteiger charge is -2.28. The van der Waals surface area contributed by atoms with Crippen molar-refractivity contribution in [1.29, 1.82) is 0 Å². The monoisotopic (exact) mass is 538 g/mol. The third-order valence-electron chi connectivity index (χ3n) is 6.04. The van der Waals surface area contributed by atoms with Crippen LogP contribution < -0.4 is 21.3 Å². The van der Waals surface area contributed by atoms with Gasteiger partial charge in [0.15, 0.2) is 0 Å². The molecule has 0 aromatic heterocycles. The van der Waals surface area contributed by atoms with Crippen molar-refractivity contribution in [3.8, 4) is 0 Å². The number of carbonyl (C=O) groups is 6. The first-order valence-electron chi connectivity index (χ1n) is 12.7. The van der Waals surface area contributed by atoms with Crippen molar-refractivity contribution in [3.63, 3.8) is 0 Å². The van der Waals surface area contributed by atoms with Crippen molar-refractivity contribution < 1.29 is 38.2 Å². The Hall–Kier alpha value is -3.58. The molecule has 4 N–H and O–H groups in total. The highest BCUT2D eigenvalue weighted by Crippen LogP contribution is 2.23. The summed E-state index contributed by atoms with van der Waals surface area (Å²) in [5, 5.41) is 10.5. The van der Waals surface area contributed by atoms with E-state index in [2.05, 4.69) is 21.3 Å². The van der Waals surface area contributed by atoms with Gasteiger partial charge >= 0.3 is 12.2 Å². The topological polar surface area (TPSA) is 175 Å². The number of carbonyl (C=O) groups excluding carboxylic acids is 6. The maximum Gasteiger partial charge on any atom is 0.411 e. The number of rotatable bonds is 0. The van der Waals surface area contributed by atoms with Gasteiger partial charge in [0, 0.05) is 25.2 Å². The third kappa shape index (κ3) is 7.71. The van der Waals surface area contributed by atoms with E-state index in [-0.39, 0.29) is 39.0 Å². The summed E-state index contributed by atoms with van der Waals surface area (Å²) in [4.78, 5) is 79.2. The van der Waals surface area contributed by atoms with Gasteiger partial charge in [-0.2, -0.15) is 0 Å². The van der Waals surface area contributed by atoms with Crippen molar-refractivity contribution in [1.82, 2.24) is 31.1 Å². The first-order valence-corrected chi connectivity index (χ1v) is 12.7. The van der Waals surface area contributed by atoms with E-state index in [1.54, 1.807) is 41.5 Å². The molecule has 0 spiro atoms. The summed E-state index contributed by atoms with van der Waals surface area (Å²) in [6, 6.07) is -3.11. The number of hydrogen-bond acceptors (Lipinski definition) is 8. The quantitative estimate of drug-likeness (QED) is 0.311. The number of amides is 6. The highest BCUT2D eigenvalue weighted by molar-refractivity contribution is 5.92. The first kappa shape index (κ1) is 29.0. The lowest BCUT2D eigenvalue weighted by molar-refractivity contribution is -0.129. The molecule has 14 heteroatoms. The first-order chi connectivity index (χ1) is 17.5. The summed E-state index contributed by atoms with van der Waals surface area (Å²) in [6.45, 7) is 9.43. The summed E-state index contributed by atoms with van der Waals surface area (Å²) in [6.07, 6.45) is -1.23. The standard InChI is InChI=1S/C24H38N6O8/c1-23(2,3)37-21(35)29-11-13-7-15(29)19(33)25-9-18(32)28-14-8-16(20(34)26-10-17(31)27-13)30(12-14)22(36)38-24(4,5)6/h13-16H,7-12H2,1-6H3,(H,25,33)(H,26,34)(H,27,31)(H,28,32)/t13-,14-,15-,16-/m0/s1. The fourth-order valence-electron chi connectivity index (χ4n) is 4.55. The molecule has 3 heterocycles. The maximum absolute atomic E-state index is 13.0. The number of nitrogens with zero attached hydrogens (tertiary/aromatic N) is 2. The van der Waals surface area contributed by atoms with Gasteiger partial charge in [0.25, 0.3) is 0 Å². The van der Waals surface area contributed by atoms with Gasteiger partial charge in [-0.25, -0.2) is 9.59 Å². The van der Waals surface area contributed by atoms with Crippen molar-refractivity contribution in [3.05, 3.63) is 0 Å². The molecule has 3 aliphatic rings. The number of hydrogen-bond donors (Lipinski definition) is 4. The summed E-state index contributed by atoms with van der Waals surface area (Å²) >= 11 is 0. The molecule has 212 valence electrons. The van der Waals surface area contributed by atoms with Crippen LogP contribution in [0.4, 0.5) is 9.59 Å². The zero-order chi connectivity index (χ0) is 28.4. The molecule has 3 rings (SSSR count). The van der Waals surface area contributed by atoms with Gasteiger partial charge in [-0.3, -0.25) is 29.0 Å². The zero-order valence-electron chi connectivity index (χ0n) is 22.7. The molecule has 3 saturated heterocycles. The lowest BCUT2D eigenvalue weighted by atomic mass is 10.1. The van der Waals surface area contributed by atoms with Crippen molar-refractivity contribution in [2.45, 2.75) is 89.8 Å². The second kappa shape index (κ2) is 11.0. The second-order valence-electron chi connectivity index (χ2n) is 11.7. The Balaban J connectivity index is 1.78. The number of likely N-dealkylation sites (tertiary alicyclic amines) is 2. The van der Waals surface area contributed by atoms with Crippen LogP contribution in [-0.4, -0.2) is 107 Å². The van der Waals surface area contributed by atoms with E-state index >= 15 is 0 Å². The third-order valence-corrected chi connectivity index (χ3v) is 6.04. The van der Waals surface area contributed by atoms with Crippen LogP contribution in [0.15, 0.2) is 0 Å². The predicted molar refractivity (Wildman–Crippen MR) is 133 cm³/mol. The molecule has 6 amide bonds. The fraction of sp³-hybridized carbons (Fsp3) is 0.750. The minimum Gasteiger partial charge on any atom is -0.444 e. The van der Waals surface area contributed by atoms with Crippen molar-refractivity contribution >= 4 is 35.8 Å². The molecule has 0 saturated carbocycles. The van der Waals surface area contributed by atoms with Gasteiger partial charge in [-0.15, -0.1) is 0 Å². The van der Waals surface area contributed by atoms with Crippen LogP contribution in [0, 0.1) is 0 Å². The predicted octanol–water partition coefficient (Wildman–Crippen LogP) is -0.779. The highest BCUT2D eigenvalue weighted by Gasteiger charge is 2.44. The van der Waals surface area contributed by atoms with Gasteiger partial charge in [0.1, 0.15) is 23.3 Å². The fourth-order valence-corrected chi connectivity index (χ4v) is 4.55. The lowest BCUT2D eigenvalue weighted by Crippen LogP contribution is -2.50. The summed E-state index contributed by atoms with van der Waals surface area (Å²) < 4.78 is 10.8. The smallest absolute Gasteiger partial charge is 0.411 e. The maximum atomic E-state index is 13.0. The Morgan fingerprint density at radius 1 is 0.684 bits per heavy atom. The summed E-state index contributed by atoms with van der Waals surface area (Å²) in [5.41, 5.74) is -1.60. The summed E-state index contributed by atoms with van der Waals surface area (Å²) in [5.74, 6) is -2.18. The molecule has 4 bridgehead atoms. The van der Waals surface area contributed by atoms with Crippen LogP contribution in [0.25, 0.3) is 0 Å². The Bertz CT molecular complexity index is 909. The second-order valence-corrected chi connectivity index (χ2v) is 11.7. The molecule has 0 radical (unpaired) electrons. The molecule has 0 aromatic rings. The van der Waals surface area contributed by atoms with E-state index in [1.165, 1.54) is 9.80 Å².